The van der Waals surface area contributed by atoms with Gasteiger partial charge in [-0.25, -0.2) is 5.01 Å². The highest BCUT2D eigenvalue weighted by Gasteiger charge is 2.56. The van der Waals surface area contributed by atoms with Gasteiger partial charge in [-0.05, 0) is 55.6 Å². The summed E-state index contributed by atoms with van der Waals surface area (Å²) in [6.45, 7) is 7.97. The first-order chi connectivity index (χ1) is 15.6. The number of carbonyl (C=O) groups is 3. The number of rotatable bonds is 5. The topological polar surface area (TPSA) is 114 Å². The second-order valence-electron chi connectivity index (χ2n) is 10.7. The molecule has 3 N–H and O–H groups in total. The molecule has 2 aliphatic heterocycles. The number of nitrogens with zero attached hydrogens (tertiary/aromatic N) is 4. The summed E-state index contributed by atoms with van der Waals surface area (Å²) in [5.74, 6) is -0.492. The number of hydrazine groups is 1. The summed E-state index contributed by atoms with van der Waals surface area (Å²) in [5.41, 5.74) is 10.6. The molecule has 3 fully saturated rings. The van der Waals surface area contributed by atoms with Crippen molar-refractivity contribution in [2.45, 2.75) is 65.1 Å². The predicted octanol–water partition coefficient (Wildman–Crippen LogP) is 1.59. The van der Waals surface area contributed by atoms with Gasteiger partial charge in [-0.3, -0.25) is 24.5 Å². The van der Waals surface area contributed by atoms with Crippen molar-refractivity contribution in [1.29, 1.82) is 0 Å². The minimum atomic E-state index is -0.625. The van der Waals surface area contributed by atoms with Gasteiger partial charge in [0.15, 0.2) is 5.69 Å². The van der Waals surface area contributed by atoms with Crippen LogP contribution in [0.3, 0.4) is 0 Å². The highest BCUT2D eigenvalue weighted by Crippen LogP contribution is 2.48. The quantitative estimate of drug-likeness (QED) is 0.715. The molecule has 0 unspecified atom stereocenters. The maximum atomic E-state index is 13.4. The molecule has 9 heteroatoms. The molecule has 1 aromatic carbocycles. The van der Waals surface area contributed by atoms with Gasteiger partial charge >= 0.3 is 0 Å². The third-order valence-electron chi connectivity index (χ3n) is 7.29. The number of nitrogens with two attached hydrogens (primary N) is 1. The van der Waals surface area contributed by atoms with Crippen LogP contribution in [0.5, 0.6) is 0 Å². The molecule has 1 saturated carbocycles. The van der Waals surface area contributed by atoms with E-state index in [9.17, 15) is 14.4 Å². The van der Waals surface area contributed by atoms with Crippen LogP contribution in [0, 0.1) is 18.3 Å². The molecule has 3 atom stereocenters. The Bertz CT molecular complexity index is 1140. The number of likely N-dealkylation sites (tertiary alicyclic amines) is 1. The maximum absolute atomic E-state index is 13.4. The van der Waals surface area contributed by atoms with Crippen molar-refractivity contribution in [3.63, 3.8) is 0 Å². The van der Waals surface area contributed by atoms with Gasteiger partial charge in [0.05, 0.1) is 5.52 Å². The Morgan fingerprint density at radius 3 is 2.76 bits per heavy atom. The van der Waals surface area contributed by atoms with Gasteiger partial charge in [0.25, 0.3) is 11.8 Å². The van der Waals surface area contributed by atoms with Crippen molar-refractivity contribution in [2.24, 2.45) is 17.1 Å². The Hall–Kier alpha value is -2.94. The van der Waals surface area contributed by atoms with E-state index in [0.29, 0.717) is 23.2 Å². The number of amides is 3. The molecule has 1 aliphatic carbocycles. The maximum Gasteiger partial charge on any atom is 0.269 e. The van der Waals surface area contributed by atoms with E-state index in [0.717, 1.165) is 37.9 Å². The number of carbonyl (C=O) groups excluding carboxylic acids is 3. The highest BCUT2D eigenvalue weighted by atomic mass is 16.2. The third kappa shape index (κ3) is 4.10. The summed E-state index contributed by atoms with van der Waals surface area (Å²) in [6, 6.07) is 5.24. The molecule has 33 heavy (non-hydrogen) atoms. The van der Waals surface area contributed by atoms with E-state index < -0.39 is 11.9 Å². The lowest BCUT2D eigenvalue weighted by atomic mass is 9.85. The van der Waals surface area contributed by atoms with E-state index in [1.807, 2.05) is 30.1 Å². The Kier molecular flexibility index (Phi) is 5.19. The number of benzene rings is 1. The zero-order valence-electron chi connectivity index (χ0n) is 19.5. The van der Waals surface area contributed by atoms with Crippen molar-refractivity contribution in [1.82, 2.24) is 25.1 Å². The Balaban J connectivity index is 1.34. The lowest BCUT2D eigenvalue weighted by Gasteiger charge is -2.39. The minimum absolute atomic E-state index is 0.0308. The van der Waals surface area contributed by atoms with Crippen molar-refractivity contribution in [2.75, 3.05) is 13.1 Å². The molecule has 5 rings (SSSR count). The Morgan fingerprint density at radius 1 is 1.24 bits per heavy atom. The van der Waals surface area contributed by atoms with E-state index >= 15 is 0 Å². The van der Waals surface area contributed by atoms with E-state index in [-0.39, 0.29) is 35.5 Å². The van der Waals surface area contributed by atoms with Crippen LogP contribution in [-0.4, -0.2) is 62.6 Å². The standard InChI is InChI=1S/C24H32N6O3/c1-14-5-6-16-18(9-14)29(26-21(16)22(25)32)12-20(31)30-17-10-15(17)11-19(30)23(33)27-28-8-4-7-24(2,3)13-28/h5-6,9,15,17,19H,4,7-8,10-13H2,1-3H3,(H2,25,32)(H,27,33)/t15-,17-,19+/m1/s1. The molecule has 9 nitrogen and oxygen atoms in total. The van der Waals surface area contributed by atoms with Crippen LogP contribution in [0.1, 0.15) is 55.6 Å². The van der Waals surface area contributed by atoms with E-state index in [1.54, 1.807) is 9.58 Å². The normalized spacial score (nSPS) is 26.3. The van der Waals surface area contributed by atoms with Gasteiger partial charge in [0.2, 0.25) is 5.91 Å². The number of aromatic nitrogens is 2. The first-order valence-electron chi connectivity index (χ1n) is 11.8. The van der Waals surface area contributed by atoms with Crippen LogP contribution in [0.4, 0.5) is 0 Å². The second-order valence-corrected chi connectivity index (χ2v) is 10.7. The van der Waals surface area contributed by atoms with Crippen LogP contribution < -0.4 is 11.2 Å². The molecule has 176 valence electrons. The zero-order chi connectivity index (χ0) is 23.5. The van der Waals surface area contributed by atoms with Gasteiger partial charge in [-0.2, -0.15) is 5.10 Å². The third-order valence-corrected chi connectivity index (χ3v) is 7.29. The minimum Gasteiger partial charge on any atom is -0.364 e. The summed E-state index contributed by atoms with van der Waals surface area (Å²) in [6.07, 6.45) is 3.82. The molecule has 3 amide bonds. The Morgan fingerprint density at radius 2 is 2.03 bits per heavy atom. The molecule has 2 aromatic rings. The molecule has 1 aromatic heterocycles. The predicted molar refractivity (Wildman–Crippen MR) is 123 cm³/mol. The number of hydrogen-bond donors (Lipinski definition) is 2. The summed E-state index contributed by atoms with van der Waals surface area (Å²) < 4.78 is 1.54. The van der Waals surface area contributed by atoms with E-state index in [1.165, 1.54) is 0 Å². The van der Waals surface area contributed by atoms with E-state index in [4.69, 9.17) is 5.73 Å². The SMILES string of the molecule is Cc1ccc2c(C(N)=O)nn(CC(=O)N3[C@@H]4C[C@@H]4C[C@H]3C(=O)NN3CCCC(C)(C)C3)c2c1. The second kappa shape index (κ2) is 7.83. The first-order valence-corrected chi connectivity index (χ1v) is 11.8. The molecular formula is C24H32N6O3. The number of piperidine rings is 2. The van der Waals surface area contributed by atoms with Gasteiger partial charge in [-0.1, -0.05) is 26.0 Å². The summed E-state index contributed by atoms with van der Waals surface area (Å²) >= 11 is 0. The number of aryl methyl sites for hydroxylation is 1. The average Bonchev–Trinajstić information content (AvgIpc) is 3.24. The lowest BCUT2D eigenvalue weighted by Crippen LogP contribution is -2.56. The summed E-state index contributed by atoms with van der Waals surface area (Å²) in [4.78, 5) is 40.2. The fourth-order valence-corrected chi connectivity index (χ4v) is 5.59. The van der Waals surface area contributed by atoms with Crippen LogP contribution >= 0.6 is 0 Å². The van der Waals surface area contributed by atoms with E-state index in [2.05, 4.69) is 24.4 Å². The molecule has 3 aliphatic rings. The molecule has 0 bridgehead atoms. The molecule has 0 spiro atoms. The number of hydrogen-bond acceptors (Lipinski definition) is 5. The lowest BCUT2D eigenvalue weighted by molar-refractivity contribution is -0.143. The van der Waals surface area contributed by atoms with Crippen molar-refractivity contribution >= 4 is 28.6 Å². The van der Waals surface area contributed by atoms with Crippen molar-refractivity contribution in [3.05, 3.63) is 29.5 Å². The summed E-state index contributed by atoms with van der Waals surface area (Å²) in [7, 11) is 0. The first kappa shape index (κ1) is 21.9. The largest absolute Gasteiger partial charge is 0.364 e. The fourth-order valence-electron chi connectivity index (χ4n) is 5.59. The smallest absolute Gasteiger partial charge is 0.269 e. The molecule has 0 radical (unpaired) electrons. The molecule has 2 saturated heterocycles. The van der Waals surface area contributed by atoms with Gasteiger partial charge in [0, 0.05) is 24.5 Å². The Labute approximate surface area is 193 Å². The number of fused-ring (bicyclic) bond motifs is 2. The molecular weight excluding hydrogens is 420 g/mol. The van der Waals surface area contributed by atoms with Crippen molar-refractivity contribution in [3.8, 4) is 0 Å². The van der Waals surface area contributed by atoms with Crippen LogP contribution in [-0.2, 0) is 16.1 Å². The fraction of sp³-hybridized carbons (Fsp3) is 0.583. The summed E-state index contributed by atoms with van der Waals surface area (Å²) in [5, 5.41) is 6.98. The highest BCUT2D eigenvalue weighted by molar-refractivity contribution is 6.04. The van der Waals surface area contributed by atoms with Crippen LogP contribution in [0.25, 0.3) is 10.9 Å². The monoisotopic (exact) mass is 452 g/mol. The van der Waals surface area contributed by atoms with Gasteiger partial charge < -0.3 is 10.6 Å². The number of primary amides is 1. The van der Waals surface area contributed by atoms with Gasteiger partial charge in [0.1, 0.15) is 12.6 Å². The van der Waals surface area contributed by atoms with Crippen LogP contribution in [0.15, 0.2) is 18.2 Å². The average molecular weight is 453 g/mol. The zero-order valence-corrected chi connectivity index (χ0v) is 19.5. The molecule has 3 heterocycles. The van der Waals surface area contributed by atoms with Gasteiger partial charge in [-0.15, -0.1) is 0 Å². The van der Waals surface area contributed by atoms with Crippen LogP contribution in [0.2, 0.25) is 0 Å². The number of nitrogens with one attached hydrogen (secondary N) is 1. The van der Waals surface area contributed by atoms with Crippen molar-refractivity contribution < 1.29 is 14.4 Å².